The normalized spacial score (nSPS) is 10.6. The molecule has 3 aromatic rings. The zero-order valence-corrected chi connectivity index (χ0v) is 12.2. The Labute approximate surface area is 122 Å². The van der Waals surface area contributed by atoms with Gasteiger partial charge in [0.05, 0.1) is 13.3 Å². The SMILES string of the molecule is CNc1cn2ccnc2c(Nc2ccc(OC)cc2C)n1. The molecule has 0 spiro atoms. The number of nitrogens with zero attached hydrogens (tertiary/aromatic N) is 3. The van der Waals surface area contributed by atoms with Crippen molar-refractivity contribution in [1.29, 1.82) is 0 Å². The van der Waals surface area contributed by atoms with Crippen molar-refractivity contribution in [3.05, 3.63) is 42.4 Å². The number of fused-ring (bicyclic) bond motifs is 1. The van der Waals surface area contributed by atoms with E-state index in [9.17, 15) is 0 Å². The molecule has 6 heteroatoms. The predicted molar refractivity (Wildman–Crippen MR) is 83.5 cm³/mol. The van der Waals surface area contributed by atoms with Crippen molar-refractivity contribution >= 4 is 23.0 Å². The van der Waals surface area contributed by atoms with Crippen molar-refractivity contribution in [3.63, 3.8) is 0 Å². The van der Waals surface area contributed by atoms with Crippen molar-refractivity contribution in [2.75, 3.05) is 24.8 Å². The van der Waals surface area contributed by atoms with E-state index in [-0.39, 0.29) is 0 Å². The highest BCUT2D eigenvalue weighted by atomic mass is 16.5. The molecule has 0 aliphatic carbocycles. The molecule has 3 rings (SSSR count). The van der Waals surface area contributed by atoms with Gasteiger partial charge < -0.3 is 19.8 Å². The number of aryl methyl sites for hydroxylation is 1. The topological polar surface area (TPSA) is 63.5 Å². The molecule has 1 aromatic carbocycles. The first-order chi connectivity index (χ1) is 10.2. The van der Waals surface area contributed by atoms with E-state index < -0.39 is 0 Å². The molecule has 108 valence electrons. The fraction of sp³-hybridized carbons (Fsp3) is 0.200. The number of hydrogen-bond donors (Lipinski definition) is 2. The van der Waals surface area contributed by atoms with E-state index >= 15 is 0 Å². The molecule has 2 N–H and O–H groups in total. The average Bonchev–Trinajstić information content (AvgIpc) is 2.97. The van der Waals surface area contributed by atoms with Crippen molar-refractivity contribution in [2.24, 2.45) is 0 Å². The van der Waals surface area contributed by atoms with Gasteiger partial charge in [0.15, 0.2) is 11.5 Å². The van der Waals surface area contributed by atoms with E-state index in [4.69, 9.17) is 4.74 Å². The maximum absolute atomic E-state index is 5.22. The lowest BCUT2D eigenvalue weighted by Crippen LogP contribution is -2.03. The molecule has 0 radical (unpaired) electrons. The Balaban J connectivity index is 2.03. The van der Waals surface area contributed by atoms with Gasteiger partial charge in [-0.15, -0.1) is 0 Å². The number of aromatic nitrogens is 3. The molecule has 6 nitrogen and oxygen atoms in total. The molecule has 0 unspecified atom stereocenters. The third-order valence-corrected chi connectivity index (χ3v) is 3.32. The van der Waals surface area contributed by atoms with Gasteiger partial charge in [-0.2, -0.15) is 0 Å². The first kappa shape index (κ1) is 13.2. The van der Waals surface area contributed by atoms with Gasteiger partial charge in [0, 0.05) is 25.1 Å². The molecule has 2 aromatic heterocycles. The third kappa shape index (κ3) is 2.47. The zero-order valence-electron chi connectivity index (χ0n) is 12.2. The van der Waals surface area contributed by atoms with Crippen LogP contribution in [0.1, 0.15) is 5.56 Å². The van der Waals surface area contributed by atoms with Gasteiger partial charge in [0.2, 0.25) is 0 Å². The van der Waals surface area contributed by atoms with Crippen LogP contribution in [0.25, 0.3) is 5.65 Å². The highest BCUT2D eigenvalue weighted by molar-refractivity contribution is 5.73. The maximum atomic E-state index is 5.22. The highest BCUT2D eigenvalue weighted by Gasteiger charge is 2.09. The Bertz CT molecular complexity index is 781. The lowest BCUT2D eigenvalue weighted by Gasteiger charge is -2.12. The summed E-state index contributed by atoms with van der Waals surface area (Å²) in [7, 11) is 3.50. The molecular formula is C15H17N5O. The van der Waals surface area contributed by atoms with Gasteiger partial charge in [-0.1, -0.05) is 0 Å². The quantitative estimate of drug-likeness (QED) is 0.771. The second-order valence-electron chi connectivity index (χ2n) is 4.69. The minimum atomic E-state index is 0.708. The number of rotatable bonds is 4. The van der Waals surface area contributed by atoms with Crippen LogP contribution in [0.2, 0.25) is 0 Å². The van der Waals surface area contributed by atoms with Gasteiger partial charge in [-0.05, 0) is 30.7 Å². The summed E-state index contributed by atoms with van der Waals surface area (Å²) in [4.78, 5) is 8.87. The second kappa shape index (κ2) is 5.32. The summed E-state index contributed by atoms with van der Waals surface area (Å²) in [5.41, 5.74) is 2.83. The first-order valence-corrected chi connectivity index (χ1v) is 6.64. The largest absolute Gasteiger partial charge is 0.497 e. The smallest absolute Gasteiger partial charge is 0.180 e. The molecule has 0 aliphatic heterocycles. The maximum Gasteiger partial charge on any atom is 0.180 e. The van der Waals surface area contributed by atoms with Crippen LogP contribution < -0.4 is 15.4 Å². The van der Waals surface area contributed by atoms with E-state index in [2.05, 4.69) is 20.6 Å². The molecule has 2 heterocycles. The average molecular weight is 283 g/mol. The number of nitrogens with one attached hydrogen (secondary N) is 2. The fourth-order valence-corrected chi connectivity index (χ4v) is 2.17. The number of benzene rings is 1. The molecule has 0 bridgehead atoms. The van der Waals surface area contributed by atoms with Crippen LogP contribution in [0.5, 0.6) is 5.75 Å². The Hall–Kier alpha value is -2.76. The van der Waals surface area contributed by atoms with Gasteiger partial charge in [-0.3, -0.25) is 0 Å². The van der Waals surface area contributed by atoms with Crippen LogP contribution in [-0.2, 0) is 0 Å². The van der Waals surface area contributed by atoms with Crippen LogP contribution >= 0.6 is 0 Å². The van der Waals surface area contributed by atoms with Crippen LogP contribution in [-0.4, -0.2) is 28.5 Å². The number of methoxy groups -OCH3 is 1. The second-order valence-corrected chi connectivity index (χ2v) is 4.69. The van der Waals surface area contributed by atoms with Gasteiger partial charge in [0.1, 0.15) is 11.6 Å². The Morgan fingerprint density at radius 1 is 1.29 bits per heavy atom. The molecule has 0 amide bonds. The molecular weight excluding hydrogens is 266 g/mol. The lowest BCUT2D eigenvalue weighted by molar-refractivity contribution is 0.414. The Kier molecular flexibility index (Phi) is 3.35. The summed E-state index contributed by atoms with van der Waals surface area (Å²) in [5.74, 6) is 2.32. The minimum Gasteiger partial charge on any atom is -0.497 e. The van der Waals surface area contributed by atoms with Crippen molar-refractivity contribution in [3.8, 4) is 5.75 Å². The zero-order chi connectivity index (χ0) is 14.8. The number of imidazole rings is 1. The van der Waals surface area contributed by atoms with E-state index in [0.717, 1.165) is 28.5 Å². The van der Waals surface area contributed by atoms with E-state index in [1.807, 2.05) is 49.0 Å². The van der Waals surface area contributed by atoms with Crippen LogP contribution in [0, 0.1) is 6.92 Å². The molecule has 0 aliphatic rings. The summed E-state index contributed by atoms with van der Waals surface area (Å²) in [5, 5.41) is 6.39. The van der Waals surface area contributed by atoms with Crippen molar-refractivity contribution in [1.82, 2.24) is 14.4 Å². The lowest BCUT2D eigenvalue weighted by atomic mass is 10.2. The summed E-state index contributed by atoms with van der Waals surface area (Å²) in [6, 6.07) is 5.87. The monoisotopic (exact) mass is 283 g/mol. The third-order valence-electron chi connectivity index (χ3n) is 3.32. The van der Waals surface area contributed by atoms with Gasteiger partial charge >= 0.3 is 0 Å². The predicted octanol–water partition coefficient (Wildman–Crippen LogP) is 2.83. The van der Waals surface area contributed by atoms with Crippen molar-refractivity contribution < 1.29 is 4.74 Å². The minimum absolute atomic E-state index is 0.708. The standard InChI is InChI=1S/C15H17N5O/c1-10-8-11(21-3)4-5-12(10)18-14-15-17-6-7-20(15)9-13(16-2)19-14/h4-9,16H,1-3H3,(H,18,19). The number of anilines is 3. The highest BCUT2D eigenvalue weighted by Crippen LogP contribution is 2.26. The molecule has 0 fully saturated rings. The molecule has 0 saturated heterocycles. The molecule has 0 atom stereocenters. The van der Waals surface area contributed by atoms with E-state index in [1.165, 1.54) is 0 Å². The number of hydrogen-bond acceptors (Lipinski definition) is 5. The first-order valence-electron chi connectivity index (χ1n) is 6.64. The summed E-state index contributed by atoms with van der Waals surface area (Å²) >= 11 is 0. The van der Waals surface area contributed by atoms with E-state index in [1.54, 1.807) is 13.3 Å². The van der Waals surface area contributed by atoms with Crippen molar-refractivity contribution in [2.45, 2.75) is 6.92 Å². The van der Waals surface area contributed by atoms with Crippen LogP contribution in [0.15, 0.2) is 36.8 Å². The number of ether oxygens (including phenoxy) is 1. The molecule has 21 heavy (non-hydrogen) atoms. The summed E-state index contributed by atoms with van der Waals surface area (Å²) < 4.78 is 7.16. The fourth-order valence-electron chi connectivity index (χ4n) is 2.17. The summed E-state index contributed by atoms with van der Waals surface area (Å²) in [6.45, 7) is 2.02. The van der Waals surface area contributed by atoms with Gasteiger partial charge in [-0.25, -0.2) is 9.97 Å². The van der Waals surface area contributed by atoms with Crippen LogP contribution in [0.4, 0.5) is 17.3 Å². The molecule has 0 saturated carbocycles. The van der Waals surface area contributed by atoms with Crippen LogP contribution in [0.3, 0.4) is 0 Å². The summed E-state index contributed by atoms with van der Waals surface area (Å²) in [6.07, 6.45) is 5.54. The van der Waals surface area contributed by atoms with Gasteiger partial charge in [0.25, 0.3) is 0 Å². The Morgan fingerprint density at radius 3 is 2.86 bits per heavy atom. The van der Waals surface area contributed by atoms with E-state index in [0.29, 0.717) is 5.82 Å². The Morgan fingerprint density at radius 2 is 2.14 bits per heavy atom.